The molecule has 0 radical (unpaired) electrons. The van der Waals surface area contributed by atoms with Crippen molar-refractivity contribution in [2.24, 2.45) is 5.92 Å². The van der Waals surface area contributed by atoms with E-state index in [-0.39, 0.29) is 30.2 Å². The van der Waals surface area contributed by atoms with Gasteiger partial charge in [0.05, 0.1) is 0 Å². The van der Waals surface area contributed by atoms with E-state index in [1.54, 1.807) is 23.3 Å². The number of hydrogen-bond acceptors (Lipinski definition) is 0. The third-order valence-corrected chi connectivity index (χ3v) is 6.02. The second kappa shape index (κ2) is 14.6. The molecule has 176 valence electrons. The van der Waals surface area contributed by atoms with Gasteiger partial charge < -0.3 is 0 Å². The zero-order chi connectivity index (χ0) is 23.3. The predicted octanol–water partition coefficient (Wildman–Crippen LogP) is 9.50. The third-order valence-electron chi connectivity index (χ3n) is 6.02. The average molecular weight is 577 g/mol. The van der Waals surface area contributed by atoms with Crippen LogP contribution < -0.4 is 0 Å². The van der Waals surface area contributed by atoms with Crippen LogP contribution in [0.25, 0.3) is 21.9 Å². The molecule has 1 atom stereocenters. The summed E-state index contributed by atoms with van der Waals surface area (Å²) < 4.78 is 0. The van der Waals surface area contributed by atoms with Crippen LogP contribution in [0.1, 0.15) is 44.4 Å². The van der Waals surface area contributed by atoms with Crippen LogP contribution in [0.2, 0.25) is 13.1 Å². The molecule has 33 heavy (non-hydrogen) atoms. The van der Waals surface area contributed by atoms with Gasteiger partial charge in [-0.1, -0.05) is 61.6 Å². The second-order valence-corrected chi connectivity index (χ2v) is 18.3. The molecule has 0 saturated carbocycles. The monoisotopic (exact) mass is 574 g/mol. The smallest absolute Gasteiger partial charge is 0.0395 e. The fourth-order valence-electron chi connectivity index (χ4n) is 3.87. The van der Waals surface area contributed by atoms with E-state index in [4.69, 9.17) is 0 Å². The summed E-state index contributed by atoms with van der Waals surface area (Å²) in [5.74, 6) is 0.560. The van der Waals surface area contributed by atoms with Crippen LogP contribution in [0.5, 0.6) is 0 Å². The summed E-state index contributed by atoms with van der Waals surface area (Å²) in [6, 6.07) is 17.6. The topological polar surface area (TPSA) is 0 Å². The van der Waals surface area contributed by atoms with E-state index < -0.39 is 0 Å². The van der Waals surface area contributed by atoms with Crippen LogP contribution >= 0.6 is 24.8 Å². The quantitative estimate of drug-likeness (QED) is 0.200. The molecular weight excluding hydrogens is 539 g/mol. The van der Waals surface area contributed by atoms with Crippen molar-refractivity contribution in [2.45, 2.75) is 61.6 Å². The van der Waals surface area contributed by atoms with Crippen LogP contribution in [0.3, 0.4) is 0 Å². The van der Waals surface area contributed by atoms with Crippen LogP contribution in [-0.4, -0.2) is 5.43 Å². The molecule has 3 aromatic rings. The van der Waals surface area contributed by atoms with Crippen molar-refractivity contribution in [3.05, 3.63) is 88.0 Å². The minimum absolute atomic E-state index is 0. The third kappa shape index (κ3) is 8.74. The van der Waals surface area contributed by atoms with Crippen LogP contribution in [0, 0.1) is 32.8 Å². The number of allylic oxidation sites excluding steroid dienone is 4. The fraction of sp³-hybridized carbons (Fsp3) is 0.345. The normalized spacial score (nSPS) is 14.3. The van der Waals surface area contributed by atoms with Crippen molar-refractivity contribution >= 4 is 41.0 Å². The van der Waals surface area contributed by atoms with Gasteiger partial charge in [0.2, 0.25) is 0 Å². The Morgan fingerprint density at radius 2 is 1.48 bits per heavy atom. The Morgan fingerprint density at radius 3 is 1.97 bits per heavy atom. The molecule has 0 heterocycles. The molecule has 1 unspecified atom stereocenters. The summed E-state index contributed by atoms with van der Waals surface area (Å²) in [5.41, 5.74) is 11.3. The van der Waals surface area contributed by atoms with Gasteiger partial charge in [0.1, 0.15) is 0 Å². The molecule has 3 aromatic carbocycles. The molecule has 0 bridgehead atoms. The maximum absolute atomic E-state index is 3.36. The molecule has 0 spiro atoms. The van der Waals surface area contributed by atoms with E-state index in [2.05, 4.69) is 116 Å². The molecule has 0 aliphatic heterocycles. The summed E-state index contributed by atoms with van der Waals surface area (Å²) in [5, 5.41) is 2.68. The maximum Gasteiger partial charge on any atom is -0.0395 e. The number of halogens is 2. The Bertz CT molecular complexity index is 1150. The minimum atomic E-state index is 0. The molecule has 4 heteroatoms. The van der Waals surface area contributed by atoms with Gasteiger partial charge in [-0.15, -0.1) is 78.4 Å². The zero-order valence-electron chi connectivity index (χ0n) is 21.5. The van der Waals surface area contributed by atoms with E-state index in [0.717, 1.165) is 0 Å². The molecule has 0 saturated heterocycles. The summed E-state index contributed by atoms with van der Waals surface area (Å²) >= 11 is 1.74. The van der Waals surface area contributed by atoms with Gasteiger partial charge in [0.15, 0.2) is 0 Å². The largest absolute Gasteiger partial charge is 0.150 e. The van der Waals surface area contributed by atoms with E-state index in [1.165, 1.54) is 55.3 Å². The summed E-state index contributed by atoms with van der Waals surface area (Å²) in [7, 11) is 0. The molecule has 4 rings (SSSR count). The molecule has 0 nitrogen and oxygen atoms in total. The van der Waals surface area contributed by atoms with Gasteiger partial charge in [-0.05, 0) is 26.3 Å². The Morgan fingerprint density at radius 1 is 0.909 bits per heavy atom. The zero-order valence-corrected chi connectivity index (χ0v) is 26.6. The van der Waals surface area contributed by atoms with Gasteiger partial charge in [-0.25, -0.2) is 5.57 Å². The van der Waals surface area contributed by atoms with Gasteiger partial charge in [-0.3, -0.25) is 6.08 Å². The molecule has 0 N–H and O–H groups in total. The van der Waals surface area contributed by atoms with E-state index >= 15 is 0 Å². The Kier molecular flexibility index (Phi) is 14.2. The first-order valence-corrected chi connectivity index (χ1v) is 17.2. The van der Waals surface area contributed by atoms with Gasteiger partial charge in [0, 0.05) is 0 Å². The van der Waals surface area contributed by atoms with Crippen molar-refractivity contribution in [3.63, 3.8) is 0 Å². The van der Waals surface area contributed by atoms with Gasteiger partial charge in [0.25, 0.3) is 0 Å². The van der Waals surface area contributed by atoms with Crippen molar-refractivity contribution in [3.8, 4) is 11.1 Å². The number of benzene rings is 2. The van der Waals surface area contributed by atoms with Crippen LogP contribution in [0.15, 0.2) is 65.3 Å². The van der Waals surface area contributed by atoms with Crippen LogP contribution in [0.4, 0.5) is 0 Å². The fourth-order valence-corrected chi connectivity index (χ4v) is 3.87. The SMILES string of the molecule is CC1=[C-]C(C)C(C)=C1C.C[Si](C)=[Zr+2].Cc1cc(C)c(C)c(-c2c[cH-]c3ccccc23)c1.Cl.Cl. The van der Waals surface area contributed by atoms with Crippen molar-refractivity contribution < 1.29 is 23.3 Å². The number of hydrogen-bond donors (Lipinski definition) is 0. The number of rotatable bonds is 1. The Labute approximate surface area is 229 Å². The van der Waals surface area contributed by atoms with Gasteiger partial charge >= 0.3 is 41.9 Å². The first kappa shape index (κ1) is 32.2. The predicted molar refractivity (Wildman–Crippen MR) is 151 cm³/mol. The summed E-state index contributed by atoms with van der Waals surface area (Å²) in [4.78, 5) is 0. The summed E-state index contributed by atoms with van der Waals surface area (Å²) in [6.07, 6.45) is 3.36. The molecular formula is C29H38Cl2SiZr. The molecule has 0 aromatic heterocycles. The minimum Gasteiger partial charge on any atom is -0.150 e. The Balaban J connectivity index is 0.000000580. The average Bonchev–Trinajstić information content (AvgIpc) is 3.22. The second-order valence-electron chi connectivity index (χ2n) is 8.89. The van der Waals surface area contributed by atoms with Crippen molar-refractivity contribution in [1.82, 2.24) is 0 Å². The first-order valence-electron chi connectivity index (χ1n) is 11.0. The summed E-state index contributed by atoms with van der Waals surface area (Å²) in [6.45, 7) is 19.9. The van der Waals surface area contributed by atoms with Crippen LogP contribution in [-0.2, 0) is 23.3 Å². The standard InChI is InChI=1S/C18H17.C9H13.C2H6Si.2ClH.Zr/c1-12-10-13(2)14(3)18(11-12)17-9-8-15-6-4-5-7-16(15)17;1-6-5-7(2)9(4)8(6)3;1-3-2;;;/h4-11H,1-3H3;6H,1-4H3;1-2H3;2*1H;/q2*-1;;;;+2. The molecule has 0 fully saturated rings. The van der Waals surface area contributed by atoms with E-state index in [9.17, 15) is 0 Å². The first-order chi connectivity index (χ1) is 14.5. The van der Waals surface area contributed by atoms with Crippen molar-refractivity contribution in [1.29, 1.82) is 0 Å². The number of fused-ring (bicyclic) bond motifs is 1. The van der Waals surface area contributed by atoms with Crippen molar-refractivity contribution in [2.75, 3.05) is 0 Å². The Hall–Kier alpha value is -0.790. The van der Waals surface area contributed by atoms with Gasteiger partial charge in [-0.2, -0.15) is 11.1 Å². The van der Waals surface area contributed by atoms with E-state index in [0.29, 0.717) is 5.92 Å². The maximum atomic E-state index is 3.36. The molecule has 1 aliphatic carbocycles. The molecule has 1 aliphatic rings. The number of aryl methyl sites for hydroxylation is 2. The van der Waals surface area contributed by atoms with E-state index in [1.807, 2.05) is 0 Å². The molecule has 0 amide bonds.